The monoisotopic (exact) mass is 318 g/mol. The summed E-state index contributed by atoms with van der Waals surface area (Å²) in [7, 11) is 0. The van der Waals surface area contributed by atoms with Crippen LogP contribution >= 0.6 is 15.9 Å². The Balaban J connectivity index is 2.06. The number of carbonyl (C=O) groups excluding carboxylic acids is 1. The zero-order valence-corrected chi connectivity index (χ0v) is 13.0. The molecule has 0 saturated carbocycles. The lowest BCUT2D eigenvalue weighted by atomic mass is 9.81. The van der Waals surface area contributed by atoms with Crippen molar-refractivity contribution in [2.75, 3.05) is 0 Å². The molecule has 0 aliphatic heterocycles. The van der Waals surface area contributed by atoms with Gasteiger partial charge in [-0.25, -0.2) is 0 Å². The molecule has 0 unspecified atom stereocenters. The first-order chi connectivity index (χ1) is 9.06. The second-order valence-electron chi connectivity index (χ2n) is 5.40. The van der Waals surface area contributed by atoms with Crippen LogP contribution in [0.25, 0.3) is 6.08 Å². The predicted octanol–water partition coefficient (Wildman–Crippen LogP) is 5.02. The van der Waals surface area contributed by atoms with Crippen LogP contribution in [0.15, 0.2) is 46.5 Å². The highest BCUT2D eigenvalue weighted by Crippen LogP contribution is 2.27. The minimum Gasteiger partial charge on any atom is -0.295 e. The molecule has 0 bridgehead atoms. The van der Waals surface area contributed by atoms with E-state index in [9.17, 15) is 4.79 Å². The lowest BCUT2D eigenvalue weighted by Gasteiger charge is -2.22. The van der Waals surface area contributed by atoms with Gasteiger partial charge in [0.25, 0.3) is 0 Å². The third kappa shape index (κ3) is 3.90. The van der Waals surface area contributed by atoms with Crippen LogP contribution in [-0.4, -0.2) is 5.78 Å². The number of hydrogen-bond donors (Lipinski definition) is 0. The van der Waals surface area contributed by atoms with Crippen molar-refractivity contribution in [3.8, 4) is 0 Å². The Hall–Kier alpha value is -1.15. The molecular formula is C17H19BrO. The van der Waals surface area contributed by atoms with Gasteiger partial charge in [0.1, 0.15) is 0 Å². The molecule has 1 aliphatic rings. The van der Waals surface area contributed by atoms with E-state index in [4.69, 9.17) is 0 Å². The molecule has 0 spiro atoms. The molecule has 0 saturated heterocycles. The van der Waals surface area contributed by atoms with Crippen molar-refractivity contribution in [3.63, 3.8) is 0 Å². The van der Waals surface area contributed by atoms with E-state index in [0.29, 0.717) is 5.92 Å². The van der Waals surface area contributed by atoms with Crippen molar-refractivity contribution < 1.29 is 4.79 Å². The van der Waals surface area contributed by atoms with E-state index in [1.165, 1.54) is 0 Å². The molecule has 0 radical (unpaired) electrons. The molecule has 1 aromatic rings. The maximum absolute atomic E-state index is 12.0. The third-order valence-electron chi connectivity index (χ3n) is 3.60. The van der Waals surface area contributed by atoms with Crippen LogP contribution in [0, 0.1) is 11.8 Å². The summed E-state index contributed by atoms with van der Waals surface area (Å²) in [5.41, 5.74) is 2.30. The van der Waals surface area contributed by atoms with Crippen LogP contribution in [0.2, 0.25) is 0 Å². The summed E-state index contributed by atoms with van der Waals surface area (Å²) in [6, 6.07) is 8.16. The van der Waals surface area contributed by atoms with Gasteiger partial charge in [-0.15, -0.1) is 0 Å². The molecule has 1 atom stereocenters. The Labute approximate surface area is 123 Å². The molecule has 0 fully saturated rings. The second kappa shape index (κ2) is 6.33. The Kier molecular flexibility index (Phi) is 4.76. The molecular weight excluding hydrogens is 300 g/mol. The molecule has 19 heavy (non-hydrogen) atoms. The van der Waals surface area contributed by atoms with E-state index in [1.54, 1.807) is 0 Å². The van der Waals surface area contributed by atoms with Crippen molar-refractivity contribution in [1.82, 2.24) is 0 Å². The standard InChI is InChI=1S/C17H19BrO/c1-12(2)16-10-7-14(11-17(16)19)4-3-13-5-8-15(18)9-6-13/h3-6,8-9,11-12,16H,7,10H2,1-2H3/b4-3+/t16-/m1/s1. The molecule has 0 amide bonds. The average molecular weight is 319 g/mol. The summed E-state index contributed by atoms with van der Waals surface area (Å²) in [5.74, 6) is 0.947. The summed E-state index contributed by atoms with van der Waals surface area (Å²) in [4.78, 5) is 12.0. The maximum Gasteiger partial charge on any atom is 0.159 e. The van der Waals surface area contributed by atoms with Crippen LogP contribution in [0.4, 0.5) is 0 Å². The highest BCUT2D eigenvalue weighted by atomic mass is 79.9. The highest BCUT2D eigenvalue weighted by molar-refractivity contribution is 9.10. The number of hydrogen-bond acceptors (Lipinski definition) is 1. The average Bonchev–Trinajstić information content (AvgIpc) is 2.37. The van der Waals surface area contributed by atoms with Gasteiger partial charge in [0.05, 0.1) is 0 Å². The Morgan fingerprint density at radius 2 is 1.89 bits per heavy atom. The Morgan fingerprint density at radius 3 is 2.47 bits per heavy atom. The van der Waals surface area contributed by atoms with Crippen LogP contribution in [0.3, 0.4) is 0 Å². The fourth-order valence-corrected chi connectivity index (χ4v) is 2.66. The summed E-state index contributed by atoms with van der Waals surface area (Å²) in [6.07, 6.45) is 7.94. The fraction of sp³-hybridized carbons (Fsp3) is 0.353. The zero-order valence-electron chi connectivity index (χ0n) is 11.4. The number of allylic oxidation sites excluding steroid dienone is 3. The van der Waals surface area contributed by atoms with Crippen molar-refractivity contribution in [3.05, 3.63) is 52.0 Å². The van der Waals surface area contributed by atoms with Crippen molar-refractivity contribution in [2.45, 2.75) is 26.7 Å². The van der Waals surface area contributed by atoms with Crippen LogP contribution in [0.5, 0.6) is 0 Å². The first-order valence-corrected chi connectivity index (χ1v) is 7.53. The quantitative estimate of drug-likeness (QED) is 0.764. The van der Waals surface area contributed by atoms with E-state index in [2.05, 4.69) is 54.1 Å². The predicted molar refractivity (Wildman–Crippen MR) is 83.8 cm³/mol. The molecule has 100 valence electrons. The first-order valence-electron chi connectivity index (χ1n) is 6.74. The highest BCUT2D eigenvalue weighted by Gasteiger charge is 2.23. The summed E-state index contributed by atoms with van der Waals surface area (Å²) >= 11 is 3.42. The second-order valence-corrected chi connectivity index (χ2v) is 6.31. The number of carbonyl (C=O) groups is 1. The molecule has 0 N–H and O–H groups in total. The normalized spacial score (nSPS) is 20.1. The van der Waals surface area contributed by atoms with E-state index < -0.39 is 0 Å². The third-order valence-corrected chi connectivity index (χ3v) is 4.13. The number of ketones is 1. The topological polar surface area (TPSA) is 17.1 Å². The van der Waals surface area contributed by atoms with Gasteiger partial charge in [0.2, 0.25) is 0 Å². The lowest BCUT2D eigenvalue weighted by Crippen LogP contribution is -2.22. The summed E-state index contributed by atoms with van der Waals surface area (Å²) in [5, 5.41) is 0. The Bertz CT molecular complexity index is 509. The Morgan fingerprint density at radius 1 is 1.21 bits per heavy atom. The van der Waals surface area contributed by atoms with Gasteiger partial charge in [-0.3, -0.25) is 4.79 Å². The SMILES string of the molecule is CC(C)[C@H]1CCC(/C=C/c2ccc(Br)cc2)=CC1=O. The van der Waals surface area contributed by atoms with E-state index >= 15 is 0 Å². The van der Waals surface area contributed by atoms with Gasteiger partial charge in [-0.2, -0.15) is 0 Å². The summed E-state index contributed by atoms with van der Waals surface area (Å²) < 4.78 is 1.08. The van der Waals surface area contributed by atoms with Gasteiger partial charge in [-0.1, -0.05) is 54.1 Å². The van der Waals surface area contributed by atoms with Crippen LogP contribution < -0.4 is 0 Å². The molecule has 0 aromatic heterocycles. The molecule has 2 heteroatoms. The van der Waals surface area contributed by atoms with E-state index in [1.807, 2.05) is 18.2 Å². The maximum atomic E-state index is 12.0. The molecule has 1 nitrogen and oxygen atoms in total. The van der Waals surface area contributed by atoms with Crippen molar-refractivity contribution in [2.24, 2.45) is 11.8 Å². The fourth-order valence-electron chi connectivity index (χ4n) is 2.40. The van der Waals surface area contributed by atoms with Gasteiger partial charge in [0.15, 0.2) is 5.78 Å². The summed E-state index contributed by atoms with van der Waals surface area (Å²) in [6.45, 7) is 4.25. The molecule has 1 aliphatic carbocycles. The van der Waals surface area contributed by atoms with Crippen LogP contribution in [0.1, 0.15) is 32.3 Å². The van der Waals surface area contributed by atoms with Gasteiger partial charge in [0, 0.05) is 10.4 Å². The smallest absolute Gasteiger partial charge is 0.159 e. The number of halogens is 1. The molecule has 2 rings (SSSR count). The van der Waals surface area contributed by atoms with Gasteiger partial charge in [-0.05, 0) is 48.1 Å². The van der Waals surface area contributed by atoms with Gasteiger partial charge >= 0.3 is 0 Å². The van der Waals surface area contributed by atoms with Crippen molar-refractivity contribution >= 4 is 27.8 Å². The van der Waals surface area contributed by atoms with Crippen molar-refractivity contribution in [1.29, 1.82) is 0 Å². The zero-order chi connectivity index (χ0) is 13.8. The van der Waals surface area contributed by atoms with Crippen LogP contribution in [-0.2, 0) is 4.79 Å². The van der Waals surface area contributed by atoms with Gasteiger partial charge < -0.3 is 0 Å². The van der Waals surface area contributed by atoms with E-state index in [-0.39, 0.29) is 11.7 Å². The molecule has 0 heterocycles. The number of rotatable bonds is 3. The molecule has 1 aromatic carbocycles. The largest absolute Gasteiger partial charge is 0.295 e. The first kappa shape index (κ1) is 14.3. The minimum atomic E-state index is 0.213. The number of benzene rings is 1. The van der Waals surface area contributed by atoms with E-state index in [0.717, 1.165) is 28.5 Å². The lowest BCUT2D eigenvalue weighted by molar-refractivity contribution is -0.120. The minimum absolute atomic E-state index is 0.213.